The first-order valence-corrected chi connectivity index (χ1v) is 9.00. The molecule has 0 saturated carbocycles. The monoisotopic (exact) mass is 341 g/mol. The quantitative estimate of drug-likeness (QED) is 0.730. The molecule has 0 radical (unpaired) electrons. The van der Waals surface area contributed by atoms with E-state index in [9.17, 15) is 18.0 Å². The highest BCUT2D eigenvalue weighted by Crippen LogP contribution is 2.16. The number of carbonyl (C=O) groups is 2. The summed E-state index contributed by atoms with van der Waals surface area (Å²) in [7, 11) is -3.63. The van der Waals surface area contributed by atoms with Gasteiger partial charge in [-0.1, -0.05) is 26.8 Å². The van der Waals surface area contributed by atoms with Gasteiger partial charge in [-0.05, 0) is 24.6 Å². The van der Waals surface area contributed by atoms with Gasteiger partial charge in [-0.3, -0.25) is 20.4 Å². The summed E-state index contributed by atoms with van der Waals surface area (Å²) in [5.74, 6) is -0.862. The molecule has 1 rings (SSSR count). The smallest absolute Gasteiger partial charge is 0.269 e. The number of hydrogen-bond donors (Lipinski definition) is 2. The van der Waals surface area contributed by atoms with Crippen molar-refractivity contribution in [3.63, 3.8) is 0 Å². The molecular formula is C15H23N3O4S. The second kappa shape index (κ2) is 8.64. The van der Waals surface area contributed by atoms with Gasteiger partial charge < -0.3 is 0 Å². The number of carbonyl (C=O) groups excluding carboxylic acids is 2. The second-order valence-corrected chi connectivity index (χ2v) is 6.81. The Balaban J connectivity index is 2.92. The summed E-state index contributed by atoms with van der Waals surface area (Å²) in [6.07, 6.45) is 0.968. The van der Waals surface area contributed by atoms with Gasteiger partial charge in [0.25, 0.3) is 5.91 Å². The first-order chi connectivity index (χ1) is 10.9. The van der Waals surface area contributed by atoms with Crippen LogP contribution in [0.4, 0.5) is 0 Å². The number of hydrazine groups is 1. The van der Waals surface area contributed by atoms with Crippen LogP contribution in [0.1, 0.15) is 44.0 Å². The van der Waals surface area contributed by atoms with Crippen molar-refractivity contribution >= 4 is 21.8 Å². The Morgan fingerprint density at radius 1 is 1.09 bits per heavy atom. The molecule has 128 valence electrons. The molecule has 0 saturated heterocycles. The lowest BCUT2D eigenvalue weighted by molar-refractivity contribution is -0.121. The third-order valence-corrected chi connectivity index (χ3v) is 5.28. The summed E-state index contributed by atoms with van der Waals surface area (Å²) in [6, 6.07) is 5.73. The number of rotatable bonds is 7. The van der Waals surface area contributed by atoms with Gasteiger partial charge >= 0.3 is 0 Å². The molecule has 0 aliphatic carbocycles. The summed E-state index contributed by atoms with van der Waals surface area (Å²) in [4.78, 5) is 23.4. The van der Waals surface area contributed by atoms with E-state index < -0.39 is 15.9 Å². The van der Waals surface area contributed by atoms with E-state index in [0.717, 1.165) is 0 Å². The first-order valence-electron chi connectivity index (χ1n) is 7.56. The average molecular weight is 341 g/mol. The van der Waals surface area contributed by atoms with Crippen LogP contribution >= 0.6 is 0 Å². The molecule has 0 atom stereocenters. The fraction of sp³-hybridized carbons (Fsp3) is 0.467. The van der Waals surface area contributed by atoms with Crippen molar-refractivity contribution in [1.29, 1.82) is 0 Å². The lowest BCUT2D eigenvalue weighted by Gasteiger charge is -2.18. The average Bonchev–Trinajstić information content (AvgIpc) is 2.54. The lowest BCUT2D eigenvalue weighted by Crippen LogP contribution is -2.41. The molecule has 0 fully saturated rings. The molecule has 0 aliphatic rings. The van der Waals surface area contributed by atoms with E-state index in [0.29, 0.717) is 25.9 Å². The number of nitrogens with zero attached hydrogens (tertiary/aromatic N) is 1. The van der Waals surface area contributed by atoms with E-state index in [1.54, 1.807) is 13.8 Å². The van der Waals surface area contributed by atoms with Crippen molar-refractivity contribution in [2.45, 2.75) is 38.5 Å². The van der Waals surface area contributed by atoms with Gasteiger partial charge in [0, 0.05) is 25.1 Å². The maximum atomic E-state index is 12.4. The molecule has 23 heavy (non-hydrogen) atoms. The largest absolute Gasteiger partial charge is 0.273 e. The molecule has 0 unspecified atom stereocenters. The van der Waals surface area contributed by atoms with E-state index in [1.165, 1.54) is 28.6 Å². The van der Waals surface area contributed by atoms with Gasteiger partial charge in [0.2, 0.25) is 15.9 Å². The Morgan fingerprint density at radius 2 is 1.74 bits per heavy atom. The molecule has 1 aromatic rings. The number of nitrogens with one attached hydrogen (secondary N) is 2. The van der Waals surface area contributed by atoms with Gasteiger partial charge in [0.05, 0.1) is 4.90 Å². The van der Waals surface area contributed by atoms with Gasteiger partial charge in [0.15, 0.2) is 0 Å². The highest BCUT2D eigenvalue weighted by molar-refractivity contribution is 7.89. The molecule has 0 bridgehead atoms. The molecule has 0 aliphatic heterocycles. The molecule has 0 heterocycles. The third kappa shape index (κ3) is 5.04. The Labute approximate surface area is 137 Å². The van der Waals surface area contributed by atoms with E-state index in [2.05, 4.69) is 10.9 Å². The van der Waals surface area contributed by atoms with Gasteiger partial charge in [-0.2, -0.15) is 4.31 Å². The van der Waals surface area contributed by atoms with Crippen molar-refractivity contribution < 1.29 is 18.0 Å². The minimum atomic E-state index is -3.63. The summed E-state index contributed by atoms with van der Waals surface area (Å²) in [6.45, 7) is 6.05. The summed E-state index contributed by atoms with van der Waals surface area (Å²) in [5.41, 5.74) is 4.72. The maximum absolute atomic E-state index is 12.4. The molecule has 0 aromatic heterocycles. The fourth-order valence-corrected chi connectivity index (χ4v) is 3.50. The first kappa shape index (κ1) is 19.1. The predicted octanol–water partition coefficient (Wildman–Crippen LogP) is 1.28. The van der Waals surface area contributed by atoms with E-state index in [4.69, 9.17) is 0 Å². The Morgan fingerprint density at radius 3 is 2.30 bits per heavy atom. The molecule has 0 spiro atoms. The van der Waals surface area contributed by atoms with Crippen molar-refractivity contribution in [2.24, 2.45) is 0 Å². The van der Waals surface area contributed by atoms with Crippen LogP contribution in [0.2, 0.25) is 0 Å². The zero-order chi connectivity index (χ0) is 17.5. The van der Waals surface area contributed by atoms with Gasteiger partial charge in [-0.15, -0.1) is 0 Å². The Bertz CT molecular complexity index is 654. The minimum Gasteiger partial charge on any atom is -0.273 e. The topological polar surface area (TPSA) is 95.6 Å². The van der Waals surface area contributed by atoms with Crippen LogP contribution < -0.4 is 10.9 Å². The Kier molecular flexibility index (Phi) is 7.18. The predicted molar refractivity (Wildman–Crippen MR) is 87.1 cm³/mol. The van der Waals surface area contributed by atoms with Crippen LogP contribution in [-0.4, -0.2) is 37.6 Å². The van der Waals surface area contributed by atoms with Crippen molar-refractivity contribution in [3.8, 4) is 0 Å². The zero-order valence-corrected chi connectivity index (χ0v) is 14.4. The molecule has 1 aromatic carbocycles. The number of benzene rings is 1. The van der Waals surface area contributed by atoms with Gasteiger partial charge in [-0.25, -0.2) is 8.42 Å². The molecular weight excluding hydrogens is 318 g/mol. The lowest BCUT2D eigenvalue weighted by atomic mass is 10.2. The fourth-order valence-electron chi connectivity index (χ4n) is 2.00. The van der Waals surface area contributed by atoms with Crippen LogP contribution in [0.25, 0.3) is 0 Å². The van der Waals surface area contributed by atoms with E-state index in [-0.39, 0.29) is 16.4 Å². The SMILES string of the molecule is CCCC(=O)NNC(=O)c1cccc(S(=O)(=O)N(CC)CC)c1. The summed E-state index contributed by atoms with van der Waals surface area (Å²) < 4.78 is 26.2. The van der Waals surface area contributed by atoms with Crippen LogP contribution in [0, 0.1) is 0 Å². The Hall–Kier alpha value is -1.93. The van der Waals surface area contributed by atoms with Crippen molar-refractivity contribution in [3.05, 3.63) is 29.8 Å². The maximum Gasteiger partial charge on any atom is 0.269 e. The van der Waals surface area contributed by atoms with Crippen LogP contribution in [0.3, 0.4) is 0 Å². The minimum absolute atomic E-state index is 0.0498. The van der Waals surface area contributed by atoms with Crippen LogP contribution in [0.15, 0.2) is 29.2 Å². The van der Waals surface area contributed by atoms with Gasteiger partial charge in [0.1, 0.15) is 0 Å². The van der Waals surface area contributed by atoms with E-state index in [1.807, 2.05) is 6.92 Å². The van der Waals surface area contributed by atoms with Crippen LogP contribution in [0.5, 0.6) is 0 Å². The number of hydrogen-bond acceptors (Lipinski definition) is 4. The molecule has 2 N–H and O–H groups in total. The van der Waals surface area contributed by atoms with E-state index >= 15 is 0 Å². The van der Waals surface area contributed by atoms with Crippen molar-refractivity contribution in [2.75, 3.05) is 13.1 Å². The normalized spacial score (nSPS) is 11.3. The number of amides is 2. The standard InChI is InChI=1S/C15H23N3O4S/c1-4-8-14(19)16-17-15(20)12-9-7-10-13(11-12)23(21,22)18(5-2)6-3/h7,9-11H,4-6,8H2,1-3H3,(H,16,19)(H,17,20). The molecule has 7 nitrogen and oxygen atoms in total. The summed E-state index contributed by atoms with van der Waals surface area (Å²) in [5, 5.41) is 0. The van der Waals surface area contributed by atoms with Crippen molar-refractivity contribution in [1.82, 2.24) is 15.2 Å². The second-order valence-electron chi connectivity index (χ2n) is 4.87. The highest BCUT2D eigenvalue weighted by Gasteiger charge is 2.22. The van der Waals surface area contributed by atoms with Crippen LogP contribution in [-0.2, 0) is 14.8 Å². The highest BCUT2D eigenvalue weighted by atomic mass is 32.2. The summed E-state index contributed by atoms with van der Waals surface area (Å²) >= 11 is 0. The number of sulfonamides is 1. The molecule has 2 amide bonds. The zero-order valence-electron chi connectivity index (χ0n) is 13.6. The molecule has 8 heteroatoms. The third-order valence-electron chi connectivity index (χ3n) is 3.23.